The molecule has 0 bridgehead atoms. The van der Waals surface area contributed by atoms with Gasteiger partial charge in [-0.2, -0.15) is 0 Å². The number of methoxy groups -OCH3 is 1. The molecule has 1 aromatic rings. The molecule has 0 amide bonds. The maximum absolute atomic E-state index is 6.15. The third-order valence-electron chi connectivity index (χ3n) is 4.07. The largest absolute Gasteiger partial charge is 0.495 e. The van der Waals surface area contributed by atoms with Crippen LogP contribution in [0.25, 0.3) is 0 Å². The van der Waals surface area contributed by atoms with Crippen molar-refractivity contribution in [2.24, 2.45) is 5.92 Å². The van der Waals surface area contributed by atoms with Gasteiger partial charge in [0.25, 0.3) is 0 Å². The van der Waals surface area contributed by atoms with Crippen molar-refractivity contribution in [3.05, 3.63) is 23.2 Å². The third kappa shape index (κ3) is 4.04. The highest BCUT2D eigenvalue weighted by molar-refractivity contribution is 6.32. The summed E-state index contributed by atoms with van der Waals surface area (Å²) in [6.07, 6.45) is 7.96. The highest BCUT2D eigenvalue weighted by Crippen LogP contribution is 2.31. The smallest absolute Gasteiger partial charge is 0.137 e. The Morgan fingerprint density at radius 1 is 1.26 bits per heavy atom. The number of nitrogens with one attached hydrogen (secondary N) is 1. The van der Waals surface area contributed by atoms with E-state index in [4.69, 9.17) is 16.3 Å². The van der Waals surface area contributed by atoms with Crippen LogP contribution in [0, 0.1) is 5.92 Å². The summed E-state index contributed by atoms with van der Waals surface area (Å²) in [7, 11) is 1.64. The number of rotatable bonds is 5. The van der Waals surface area contributed by atoms with Crippen molar-refractivity contribution in [1.82, 2.24) is 0 Å². The summed E-state index contributed by atoms with van der Waals surface area (Å²) in [5.74, 6) is 1.68. The summed E-state index contributed by atoms with van der Waals surface area (Å²) < 4.78 is 5.17. The van der Waals surface area contributed by atoms with E-state index in [2.05, 4.69) is 12.2 Å². The van der Waals surface area contributed by atoms with Gasteiger partial charge in [0.2, 0.25) is 0 Å². The van der Waals surface area contributed by atoms with Crippen molar-refractivity contribution in [2.75, 3.05) is 12.4 Å². The fraction of sp³-hybridized carbons (Fsp3) is 0.625. The zero-order valence-corrected chi connectivity index (χ0v) is 12.7. The quantitative estimate of drug-likeness (QED) is 0.809. The van der Waals surface area contributed by atoms with Crippen LogP contribution in [0.2, 0.25) is 5.02 Å². The van der Waals surface area contributed by atoms with Gasteiger partial charge in [0.05, 0.1) is 12.1 Å². The Hall–Kier alpha value is -0.890. The topological polar surface area (TPSA) is 21.3 Å². The second kappa shape index (κ2) is 7.04. The van der Waals surface area contributed by atoms with E-state index in [0.717, 1.165) is 17.4 Å². The molecule has 1 aromatic carbocycles. The van der Waals surface area contributed by atoms with Gasteiger partial charge in [-0.3, -0.25) is 0 Å². The second-order valence-corrected chi connectivity index (χ2v) is 5.91. The highest BCUT2D eigenvalue weighted by atomic mass is 35.5. The number of ether oxygens (including phenoxy) is 1. The first-order chi connectivity index (χ1) is 9.22. The lowest BCUT2D eigenvalue weighted by Gasteiger charge is -2.29. The van der Waals surface area contributed by atoms with Gasteiger partial charge in [0.1, 0.15) is 5.75 Å². The zero-order valence-electron chi connectivity index (χ0n) is 11.9. The molecule has 1 fully saturated rings. The lowest BCUT2D eigenvalue weighted by Crippen LogP contribution is -2.26. The van der Waals surface area contributed by atoms with Gasteiger partial charge in [-0.15, -0.1) is 0 Å². The predicted octanol–water partition coefficient (Wildman–Crippen LogP) is 5.12. The highest BCUT2D eigenvalue weighted by Gasteiger charge is 2.20. The summed E-state index contributed by atoms with van der Waals surface area (Å²) in [6, 6.07) is 6.52. The molecule has 0 radical (unpaired) electrons. The first-order valence-corrected chi connectivity index (χ1v) is 7.70. The van der Waals surface area contributed by atoms with E-state index < -0.39 is 0 Å². The molecule has 1 aliphatic rings. The van der Waals surface area contributed by atoms with E-state index in [9.17, 15) is 0 Å². The molecule has 0 spiro atoms. The molecular formula is C16H24ClNO. The van der Waals surface area contributed by atoms with Crippen LogP contribution in [-0.2, 0) is 0 Å². The average Bonchev–Trinajstić information content (AvgIpc) is 2.42. The molecule has 19 heavy (non-hydrogen) atoms. The molecule has 0 saturated heterocycles. The van der Waals surface area contributed by atoms with Crippen molar-refractivity contribution in [2.45, 2.75) is 51.5 Å². The molecule has 0 heterocycles. The van der Waals surface area contributed by atoms with Crippen molar-refractivity contribution in [3.63, 3.8) is 0 Å². The molecule has 0 aliphatic heterocycles. The standard InChI is InChI=1S/C16H24ClNO/c1-3-4-12-5-7-13(8-6-12)18-14-9-10-16(19-2)15(17)11-14/h9-13,18H,3-8H2,1-2H3. The van der Waals surface area contributed by atoms with E-state index >= 15 is 0 Å². The molecule has 0 aromatic heterocycles. The van der Waals surface area contributed by atoms with Crippen LogP contribution in [0.5, 0.6) is 5.75 Å². The Balaban J connectivity index is 1.87. The molecule has 106 valence electrons. The minimum atomic E-state index is 0.595. The van der Waals surface area contributed by atoms with Gasteiger partial charge in [-0.25, -0.2) is 0 Å². The van der Waals surface area contributed by atoms with Crippen molar-refractivity contribution in [3.8, 4) is 5.75 Å². The maximum Gasteiger partial charge on any atom is 0.137 e. The van der Waals surface area contributed by atoms with Crippen LogP contribution < -0.4 is 10.1 Å². The summed E-state index contributed by atoms with van der Waals surface area (Å²) >= 11 is 6.15. The first kappa shape index (κ1) is 14.5. The van der Waals surface area contributed by atoms with Crippen LogP contribution in [0.3, 0.4) is 0 Å². The van der Waals surface area contributed by atoms with E-state index in [0.29, 0.717) is 11.1 Å². The zero-order chi connectivity index (χ0) is 13.7. The molecule has 2 nitrogen and oxygen atoms in total. The van der Waals surface area contributed by atoms with Gasteiger partial charge >= 0.3 is 0 Å². The van der Waals surface area contributed by atoms with Crippen molar-refractivity contribution >= 4 is 17.3 Å². The molecular weight excluding hydrogens is 258 g/mol. The van der Waals surface area contributed by atoms with E-state index in [1.165, 1.54) is 38.5 Å². The van der Waals surface area contributed by atoms with E-state index in [-0.39, 0.29) is 0 Å². The van der Waals surface area contributed by atoms with Crippen molar-refractivity contribution in [1.29, 1.82) is 0 Å². The summed E-state index contributed by atoms with van der Waals surface area (Å²) in [6.45, 7) is 2.28. The Morgan fingerprint density at radius 3 is 2.58 bits per heavy atom. The number of halogens is 1. The average molecular weight is 282 g/mol. The van der Waals surface area contributed by atoms with Crippen LogP contribution in [0.1, 0.15) is 45.4 Å². The minimum absolute atomic E-state index is 0.595. The third-order valence-corrected chi connectivity index (χ3v) is 4.36. The molecule has 1 N–H and O–H groups in total. The minimum Gasteiger partial charge on any atom is -0.495 e. The van der Waals surface area contributed by atoms with Crippen LogP contribution in [0.4, 0.5) is 5.69 Å². The summed E-state index contributed by atoms with van der Waals surface area (Å²) in [5, 5.41) is 4.27. The monoisotopic (exact) mass is 281 g/mol. The van der Waals surface area contributed by atoms with Crippen LogP contribution >= 0.6 is 11.6 Å². The molecule has 0 atom stereocenters. The van der Waals surface area contributed by atoms with Gasteiger partial charge in [0, 0.05) is 11.7 Å². The number of benzene rings is 1. The van der Waals surface area contributed by atoms with Gasteiger partial charge < -0.3 is 10.1 Å². The first-order valence-electron chi connectivity index (χ1n) is 7.33. The molecule has 3 heteroatoms. The summed E-state index contributed by atoms with van der Waals surface area (Å²) in [5.41, 5.74) is 1.10. The maximum atomic E-state index is 6.15. The molecule has 2 rings (SSSR count). The normalized spacial score (nSPS) is 23.1. The van der Waals surface area contributed by atoms with E-state index in [1.54, 1.807) is 7.11 Å². The lowest BCUT2D eigenvalue weighted by atomic mass is 9.83. The van der Waals surface area contributed by atoms with Gasteiger partial charge in [-0.1, -0.05) is 31.4 Å². The summed E-state index contributed by atoms with van der Waals surface area (Å²) in [4.78, 5) is 0. The Labute approximate surface area is 121 Å². The molecule has 1 saturated carbocycles. The predicted molar refractivity (Wildman–Crippen MR) is 82.3 cm³/mol. The second-order valence-electron chi connectivity index (χ2n) is 5.50. The fourth-order valence-corrected chi connectivity index (χ4v) is 3.25. The number of anilines is 1. The Kier molecular flexibility index (Phi) is 5.38. The Morgan fingerprint density at radius 2 is 2.00 bits per heavy atom. The number of hydrogen-bond donors (Lipinski definition) is 1. The van der Waals surface area contributed by atoms with Gasteiger partial charge in [0.15, 0.2) is 0 Å². The molecule has 1 aliphatic carbocycles. The van der Waals surface area contributed by atoms with E-state index in [1.807, 2.05) is 18.2 Å². The number of hydrogen-bond acceptors (Lipinski definition) is 2. The molecule has 0 unspecified atom stereocenters. The SMILES string of the molecule is CCCC1CCC(Nc2ccc(OC)c(Cl)c2)CC1. The fourth-order valence-electron chi connectivity index (χ4n) is 3.00. The van der Waals surface area contributed by atoms with Crippen LogP contribution in [-0.4, -0.2) is 13.2 Å². The Bertz CT molecular complexity index is 400. The van der Waals surface area contributed by atoms with Crippen LogP contribution in [0.15, 0.2) is 18.2 Å². The van der Waals surface area contributed by atoms with Gasteiger partial charge in [-0.05, 0) is 49.8 Å². The van der Waals surface area contributed by atoms with Crippen molar-refractivity contribution < 1.29 is 4.74 Å². The lowest BCUT2D eigenvalue weighted by molar-refractivity contribution is 0.319.